The van der Waals surface area contributed by atoms with E-state index in [0.29, 0.717) is 10.6 Å². The van der Waals surface area contributed by atoms with E-state index in [1.807, 2.05) is 0 Å². The zero-order chi connectivity index (χ0) is 13.8. The van der Waals surface area contributed by atoms with Crippen molar-refractivity contribution >= 4 is 11.6 Å². The van der Waals surface area contributed by atoms with Crippen molar-refractivity contribution in [2.24, 2.45) is 0 Å². The standard InChI is InChI=1S/C14H11ClF2O2/c15-12-3-1-2-9(7-18)14(12)19-8-10-6-11(16)4-5-13(10)17/h1-6,18H,7-8H2. The van der Waals surface area contributed by atoms with Crippen LogP contribution in [0.15, 0.2) is 36.4 Å². The molecule has 1 N–H and O–H groups in total. The SMILES string of the molecule is OCc1cccc(Cl)c1OCc1cc(F)ccc1F. The Kier molecular flexibility index (Phi) is 4.35. The van der Waals surface area contributed by atoms with Crippen LogP contribution in [0, 0.1) is 11.6 Å². The Bertz CT molecular complexity index is 588. The van der Waals surface area contributed by atoms with Crippen LogP contribution in [0.5, 0.6) is 5.75 Å². The number of aliphatic hydroxyl groups is 1. The third kappa shape index (κ3) is 3.22. The van der Waals surface area contributed by atoms with Crippen molar-refractivity contribution in [3.63, 3.8) is 0 Å². The lowest BCUT2D eigenvalue weighted by atomic mass is 10.2. The number of benzene rings is 2. The van der Waals surface area contributed by atoms with Gasteiger partial charge < -0.3 is 9.84 Å². The second kappa shape index (κ2) is 5.99. The first kappa shape index (κ1) is 13.8. The summed E-state index contributed by atoms with van der Waals surface area (Å²) in [5, 5.41) is 9.47. The van der Waals surface area contributed by atoms with E-state index in [1.165, 1.54) is 0 Å². The van der Waals surface area contributed by atoms with E-state index in [4.69, 9.17) is 21.4 Å². The molecule has 0 saturated heterocycles. The van der Waals surface area contributed by atoms with Gasteiger partial charge in [-0.2, -0.15) is 0 Å². The van der Waals surface area contributed by atoms with Crippen LogP contribution >= 0.6 is 11.6 Å². The largest absolute Gasteiger partial charge is 0.487 e. The normalized spacial score (nSPS) is 10.5. The van der Waals surface area contributed by atoms with Crippen LogP contribution in [0.2, 0.25) is 5.02 Å². The van der Waals surface area contributed by atoms with Gasteiger partial charge in [-0.25, -0.2) is 8.78 Å². The number of ether oxygens (including phenoxy) is 1. The van der Waals surface area contributed by atoms with Gasteiger partial charge in [0.15, 0.2) is 0 Å². The summed E-state index contributed by atoms with van der Waals surface area (Å²) in [5.74, 6) is -0.823. The summed E-state index contributed by atoms with van der Waals surface area (Å²) in [5.41, 5.74) is 0.577. The van der Waals surface area contributed by atoms with Gasteiger partial charge in [0.05, 0.1) is 11.6 Å². The van der Waals surface area contributed by atoms with E-state index in [-0.39, 0.29) is 24.5 Å². The predicted octanol–water partition coefficient (Wildman–Crippen LogP) is 3.69. The minimum atomic E-state index is -0.556. The third-order valence-electron chi connectivity index (χ3n) is 2.60. The minimum Gasteiger partial charge on any atom is -0.487 e. The summed E-state index contributed by atoms with van der Waals surface area (Å²) in [6.45, 7) is -0.415. The lowest BCUT2D eigenvalue weighted by molar-refractivity contribution is 0.257. The Labute approximate surface area is 114 Å². The van der Waals surface area contributed by atoms with Crippen LogP contribution in [0.3, 0.4) is 0 Å². The molecule has 0 heterocycles. The molecule has 2 nitrogen and oxygen atoms in total. The number of rotatable bonds is 4. The maximum absolute atomic E-state index is 13.4. The van der Waals surface area contributed by atoms with Crippen molar-refractivity contribution in [3.05, 3.63) is 64.2 Å². The smallest absolute Gasteiger partial charge is 0.143 e. The summed E-state index contributed by atoms with van der Waals surface area (Å²) in [6.07, 6.45) is 0. The van der Waals surface area contributed by atoms with Gasteiger partial charge in [0.2, 0.25) is 0 Å². The van der Waals surface area contributed by atoms with Gasteiger partial charge in [0, 0.05) is 11.1 Å². The van der Waals surface area contributed by atoms with Crippen molar-refractivity contribution in [1.29, 1.82) is 0 Å². The van der Waals surface area contributed by atoms with E-state index in [1.54, 1.807) is 18.2 Å². The molecule has 0 radical (unpaired) electrons. The number of para-hydroxylation sites is 1. The average Bonchev–Trinajstić information content (AvgIpc) is 2.40. The molecular formula is C14H11ClF2O2. The molecular weight excluding hydrogens is 274 g/mol. The number of aliphatic hydroxyl groups excluding tert-OH is 1. The topological polar surface area (TPSA) is 29.5 Å². The first-order chi connectivity index (χ1) is 9.11. The fraction of sp³-hybridized carbons (Fsp3) is 0.143. The van der Waals surface area contributed by atoms with Crippen LogP contribution < -0.4 is 4.74 Å². The molecule has 0 fully saturated rings. The monoisotopic (exact) mass is 284 g/mol. The number of hydrogen-bond donors (Lipinski definition) is 1. The molecule has 0 unspecified atom stereocenters. The van der Waals surface area contributed by atoms with Crippen LogP contribution in [0.1, 0.15) is 11.1 Å². The molecule has 19 heavy (non-hydrogen) atoms. The van der Waals surface area contributed by atoms with Gasteiger partial charge in [0.1, 0.15) is 24.0 Å². The van der Waals surface area contributed by atoms with Crippen molar-refractivity contribution in [2.45, 2.75) is 13.2 Å². The molecule has 2 aromatic rings. The Hall–Kier alpha value is -1.65. The quantitative estimate of drug-likeness (QED) is 0.928. The van der Waals surface area contributed by atoms with Crippen LogP contribution in [0.25, 0.3) is 0 Å². The van der Waals surface area contributed by atoms with Gasteiger partial charge in [-0.05, 0) is 24.3 Å². The molecule has 0 aliphatic heterocycles. The zero-order valence-corrected chi connectivity index (χ0v) is 10.6. The predicted molar refractivity (Wildman–Crippen MR) is 68.1 cm³/mol. The van der Waals surface area contributed by atoms with E-state index < -0.39 is 11.6 Å². The maximum Gasteiger partial charge on any atom is 0.143 e. The first-order valence-corrected chi connectivity index (χ1v) is 5.94. The summed E-state index contributed by atoms with van der Waals surface area (Å²) in [6, 6.07) is 8.04. The second-order valence-corrected chi connectivity index (χ2v) is 4.32. The minimum absolute atomic E-state index is 0.0869. The van der Waals surface area contributed by atoms with Gasteiger partial charge in [-0.1, -0.05) is 23.7 Å². The molecule has 0 amide bonds. The van der Waals surface area contributed by atoms with E-state index >= 15 is 0 Å². The van der Waals surface area contributed by atoms with Crippen molar-refractivity contribution in [3.8, 4) is 5.75 Å². The van der Waals surface area contributed by atoms with Crippen molar-refractivity contribution in [1.82, 2.24) is 0 Å². The van der Waals surface area contributed by atoms with Crippen molar-refractivity contribution < 1.29 is 18.6 Å². The fourth-order valence-electron chi connectivity index (χ4n) is 1.64. The van der Waals surface area contributed by atoms with Crippen molar-refractivity contribution in [2.75, 3.05) is 0 Å². The van der Waals surface area contributed by atoms with E-state index in [9.17, 15) is 8.78 Å². The van der Waals surface area contributed by atoms with Gasteiger partial charge >= 0.3 is 0 Å². The molecule has 0 aliphatic rings. The Morgan fingerprint density at radius 2 is 1.89 bits per heavy atom. The average molecular weight is 285 g/mol. The molecule has 0 spiro atoms. The number of hydrogen-bond acceptors (Lipinski definition) is 2. The lowest BCUT2D eigenvalue weighted by Crippen LogP contribution is -2.02. The highest BCUT2D eigenvalue weighted by molar-refractivity contribution is 6.32. The van der Waals surface area contributed by atoms with Gasteiger partial charge in [-0.15, -0.1) is 0 Å². The van der Waals surface area contributed by atoms with Crippen LogP contribution in [-0.4, -0.2) is 5.11 Å². The zero-order valence-electron chi connectivity index (χ0n) is 9.87. The lowest BCUT2D eigenvalue weighted by Gasteiger charge is -2.12. The molecule has 0 saturated carbocycles. The number of halogens is 3. The Balaban J connectivity index is 2.21. The Morgan fingerprint density at radius 1 is 1.11 bits per heavy atom. The van der Waals surface area contributed by atoms with Gasteiger partial charge in [0.25, 0.3) is 0 Å². The molecule has 0 atom stereocenters. The fourth-order valence-corrected chi connectivity index (χ4v) is 1.89. The second-order valence-electron chi connectivity index (χ2n) is 3.91. The summed E-state index contributed by atoms with van der Waals surface area (Å²) < 4.78 is 31.8. The third-order valence-corrected chi connectivity index (χ3v) is 2.90. The highest BCUT2D eigenvalue weighted by Crippen LogP contribution is 2.29. The highest BCUT2D eigenvalue weighted by atomic mass is 35.5. The summed E-state index contributed by atoms with van der Waals surface area (Å²) in [7, 11) is 0. The molecule has 2 aromatic carbocycles. The summed E-state index contributed by atoms with van der Waals surface area (Å²) >= 11 is 5.94. The highest BCUT2D eigenvalue weighted by Gasteiger charge is 2.10. The van der Waals surface area contributed by atoms with Crippen LogP contribution in [0.4, 0.5) is 8.78 Å². The molecule has 0 bridgehead atoms. The molecule has 0 aliphatic carbocycles. The van der Waals surface area contributed by atoms with E-state index in [2.05, 4.69) is 0 Å². The Morgan fingerprint density at radius 3 is 2.63 bits per heavy atom. The first-order valence-electron chi connectivity index (χ1n) is 5.57. The van der Waals surface area contributed by atoms with Crippen LogP contribution in [-0.2, 0) is 13.2 Å². The molecule has 0 aromatic heterocycles. The molecule has 2 rings (SSSR count). The molecule has 5 heteroatoms. The maximum atomic E-state index is 13.4. The van der Waals surface area contributed by atoms with Gasteiger partial charge in [-0.3, -0.25) is 0 Å². The summed E-state index contributed by atoms with van der Waals surface area (Å²) in [4.78, 5) is 0. The van der Waals surface area contributed by atoms with E-state index in [0.717, 1.165) is 18.2 Å². The molecule has 100 valence electrons.